The first kappa shape index (κ1) is 21.3. The smallest absolute Gasteiger partial charge is 0.353 e. The first-order chi connectivity index (χ1) is 13.7. The van der Waals surface area contributed by atoms with E-state index in [1.807, 2.05) is 12.3 Å². The average Bonchev–Trinajstić information content (AvgIpc) is 3.08. The predicted octanol–water partition coefficient (Wildman–Crippen LogP) is 2.48. The standard InChI is InChI=1S/C19H21F3N4O2S/c1-12-11-29-17(25-12)9-24-16(27)8-15-18(28)23-5-6-26(15)10-13-3-2-4-14(7-13)19(20,21)22/h2-4,7,11,15H,5-6,8-10H2,1H3,(H,23,28)(H,24,27). The number of hydrogen-bond acceptors (Lipinski definition) is 5. The summed E-state index contributed by atoms with van der Waals surface area (Å²) in [5.74, 6) is -0.614. The van der Waals surface area contributed by atoms with Crippen molar-refractivity contribution in [3.63, 3.8) is 0 Å². The fraction of sp³-hybridized carbons (Fsp3) is 0.421. The molecule has 0 spiro atoms. The number of halogens is 3. The van der Waals surface area contributed by atoms with Crippen molar-refractivity contribution in [3.05, 3.63) is 51.5 Å². The summed E-state index contributed by atoms with van der Waals surface area (Å²) < 4.78 is 38.8. The first-order valence-corrected chi connectivity index (χ1v) is 9.96. The number of piperazine rings is 1. The van der Waals surface area contributed by atoms with Gasteiger partial charge in [-0.05, 0) is 18.6 Å². The second-order valence-electron chi connectivity index (χ2n) is 6.84. The van der Waals surface area contributed by atoms with E-state index >= 15 is 0 Å². The Kier molecular flexibility index (Phi) is 6.53. The molecule has 2 aromatic rings. The number of thiazole rings is 1. The van der Waals surface area contributed by atoms with Gasteiger partial charge in [-0.1, -0.05) is 18.2 Å². The van der Waals surface area contributed by atoms with Crippen molar-refractivity contribution in [2.75, 3.05) is 13.1 Å². The van der Waals surface area contributed by atoms with Crippen molar-refractivity contribution >= 4 is 23.2 Å². The van der Waals surface area contributed by atoms with Gasteiger partial charge in [0, 0.05) is 30.7 Å². The van der Waals surface area contributed by atoms with E-state index in [2.05, 4.69) is 15.6 Å². The van der Waals surface area contributed by atoms with E-state index < -0.39 is 17.8 Å². The Hall–Kier alpha value is -2.46. The molecule has 2 heterocycles. The monoisotopic (exact) mass is 426 g/mol. The van der Waals surface area contributed by atoms with E-state index in [0.29, 0.717) is 18.7 Å². The summed E-state index contributed by atoms with van der Waals surface area (Å²) in [5, 5.41) is 8.11. The highest BCUT2D eigenvalue weighted by atomic mass is 32.1. The highest BCUT2D eigenvalue weighted by molar-refractivity contribution is 7.09. The summed E-state index contributed by atoms with van der Waals surface area (Å²) >= 11 is 1.44. The van der Waals surface area contributed by atoms with Crippen molar-refractivity contribution in [3.8, 4) is 0 Å². The summed E-state index contributed by atoms with van der Waals surface area (Å²) in [6.07, 6.45) is -4.50. The van der Waals surface area contributed by atoms with Crippen LogP contribution in [0.5, 0.6) is 0 Å². The first-order valence-electron chi connectivity index (χ1n) is 9.08. The molecule has 10 heteroatoms. The van der Waals surface area contributed by atoms with Gasteiger partial charge >= 0.3 is 6.18 Å². The Morgan fingerprint density at radius 1 is 1.41 bits per heavy atom. The second kappa shape index (κ2) is 8.91. The van der Waals surface area contributed by atoms with Gasteiger partial charge in [0.1, 0.15) is 5.01 Å². The van der Waals surface area contributed by atoms with Gasteiger partial charge in [0.2, 0.25) is 11.8 Å². The van der Waals surface area contributed by atoms with Crippen molar-refractivity contribution in [2.45, 2.75) is 38.7 Å². The van der Waals surface area contributed by atoms with E-state index in [-0.39, 0.29) is 31.3 Å². The fourth-order valence-electron chi connectivity index (χ4n) is 3.16. The molecular weight excluding hydrogens is 405 g/mol. The molecule has 0 bridgehead atoms. The Morgan fingerprint density at radius 2 is 2.21 bits per heavy atom. The maximum absolute atomic E-state index is 12.9. The van der Waals surface area contributed by atoms with E-state index in [1.54, 1.807) is 11.0 Å². The Morgan fingerprint density at radius 3 is 2.90 bits per heavy atom. The molecule has 1 aliphatic rings. The van der Waals surface area contributed by atoms with Crippen LogP contribution in [0.2, 0.25) is 0 Å². The van der Waals surface area contributed by atoms with Gasteiger partial charge < -0.3 is 10.6 Å². The molecule has 1 aromatic carbocycles. The molecule has 2 amide bonds. The zero-order valence-corrected chi connectivity index (χ0v) is 16.6. The number of carbonyl (C=O) groups is 2. The average molecular weight is 426 g/mol. The number of alkyl halides is 3. The van der Waals surface area contributed by atoms with Crippen molar-refractivity contribution in [2.24, 2.45) is 0 Å². The van der Waals surface area contributed by atoms with Crippen LogP contribution < -0.4 is 10.6 Å². The number of aryl methyl sites for hydroxylation is 1. The minimum absolute atomic E-state index is 0.0743. The van der Waals surface area contributed by atoms with Gasteiger partial charge in [0.15, 0.2) is 0 Å². The van der Waals surface area contributed by atoms with Crippen molar-refractivity contribution in [1.82, 2.24) is 20.5 Å². The minimum Gasteiger partial charge on any atom is -0.353 e. The topological polar surface area (TPSA) is 74.3 Å². The number of nitrogens with one attached hydrogen (secondary N) is 2. The number of rotatable bonds is 6. The molecule has 1 unspecified atom stereocenters. The summed E-state index contributed by atoms with van der Waals surface area (Å²) in [6.45, 7) is 3.13. The lowest BCUT2D eigenvalue weighted by Crippen LogP contribution is -2.56. The molecule has 1 aliphatic heterocycles. The summed E-state index contributed by atoms with van der Waals surface area (Å²) in [5.41, 5.74) is 0.584. The zero-order chi connectivity index (χ0) is 21.0. The van der Waals surface area contributed by atoms with Crippen LogP contribution in [0, 0.1) is 6.92 Å². The van der Waals surface area contributed by atoms with Gasteiger partial charge in [0.05, 0.1) is 24.6 Å². The summed E-state index contributed by atoms with van der Waals surface area (Å²) in [4.78, 5) is 30.6. The molecule has 1 saturated heterocycles. The van der Waals surface area contributed by atoms with Crippen LogP contribution in [0.15, 0.2) is 29.6 Å². The van der Waals surface area contributed by atoms with E-state index in [4.69, 9.17) is 0 Å². The SMILES string of the molecule is Cc1csc(CNC(=O)CC2C(=O)NCCN2Cc2cccc(C(F)(F)F)c2)n1. The molecule has 1 atom stereocenters. The van der Waals surface area contributed by atoms with Gasteiger partial charge in [0.25, 0.3) is 0 Å². The van der Waals surface area contributed by atoms with Crippen LogP contribution in [0.25, 0.3) is 0 Å². The number of hydrogen-bond donors (Lipinski definition) is 2. The fourth-order valence-corrected chi connectivity index (χ4v) is 3.87. The summed E-state index contributed by atoms with van der Waals surface area (Å²) in [6, 6.07) is 4.28. The molecule has 2 N–H and O–H groups in total. The molecule has 0 radical (unpaired) electrons. The third-order valence-electron chi connectivity index (χ3n) is 4.56. The van der Waals surface area contributed by atoms with Crippen molar-refractivity contribution < 1.29 is 22.8 Å². The second-order valence-corrected chi connectivity index (χ2v) is 7.78. The van der Waals surface area contributed by atoms with Gasteiger partial charge in [-0.25, -0.2) is 4.98 Å². The van der Waals surface area contributed by atoms with Crippen LogP contribution in [0.1, 0.15) is 28.2 Å². The quantitative estimate of drug-likeness (QED) is 0.744. The van der Waals surface area contributed by atoms with E-state index in [9.17, 15) is 22.8 Å². The van der Waals surface area contributed by atoms with E-state index in [0.717, 1.165) is 22.8 Å². The van der Waals surface area contributed by atoms with Crippen LogP contribution in [0.4, 0.5) is 13.2 Å². The molecule has 0 saturated carbocycles. The number of benzene rings is 1. The highest BCUT2D eigenvalue weighted by Gasteiger charge is 2.33. The van der Waals surface area contributed by atoms with E-state index in [1.165, 1.54) is 17.4 Å². The number of amides is 2. The molecular formula is C19H21F3N4O2S. The lowest BCUT2D eigenvalue weighted by molar-refractivity contribution is -0.137. The predicted molar refractivity (Wildman–Crippen MR) is 102 cm³/mol. The number of carbonyl (C=O) groups excluding carboxylic acids is 2. The van der Waals surface area contributed by atoms with Crippen molar-refractivity contribution in [1.29, 1.82) is 0 Å². The molecule has 1 aromatic heterocycles. The number of aromatic nitrogens is 1. The third-order valence-corrected chi connectivity index (χ3v) is 5.53. The Balaban J connectivity index is 1.64. The molecule has 6 nitrogen and oxygen atoms in total. The highest BCUT2D eigenvalue weighted by Crippen LogP contribution is 2.30. The number of nitrogens with zero attached hydrogens (tertiary/aromatic N) is 2. The maximum atomic E-state index is 12.9. The normalized spacial score (nSPS) is 17.8. The van der Waals surface area contributed by atoms with Crippen LogP contribution in [-0.2, 0) is 28.9 Å². The molecule has 0 aliphatic carbocycles. The molecule has 3 rings (SSSR count). The lowest BCUT2D eigenvalue weighted by atomic mass is 10.1. The van der Waals surface area contributed by atoms with Crippen LogP contribution >= 0.6 is 11.3 Å². The Bertz CT molecular complexity index is 884. The molecule has 156 valence electrons. The third kappa shape index (κ3) is 5.77. The molecule has 29 heavy (non-hydrogen) atoms. The lowest BCUT2D eigenvalue weighted by Gasteiger charge is -2.34. The largest absolute Gasteiger partial charge is 0.416 e. The maximum Gasteiger partial charge on any atom is 0.416 e. The van der Waals surface area contributed by atoms with Crippen LogP contribution in [0.3, 0.4) is 0 Å². The van der Waals surface area contributed by atoms with Gasteiger partial charge in [-0.15, -0.1) is 11.3 Å². The van der Waals surface area contributed by atoms with Gasteiger partial charge in [-0.2, -0.15) is 13.2 Å². The van der Waals surface area contributed by atoms with Gasteiger partial charge in [-0.3, -0.25) is 14.5 Å². The minimum atomic E-state index is -4.43. The van der Waals surface area contributed by atoms with Crippen LogP contribution in [-0.4, -0.2) is 40.8 Å². The zero-order valence-electron chi connectivity index (χ0n) is 15.8. The Labute approximate surface area is 170 Å². The summed E-state index contributed by atoms with van der Waals surface area (Å²) in [7, 11) is 0. The molecule has 1 fully saturated rings.